The monoisotopic (exact) mass is 523 g/mol. The fraction of sp³-hybridized carbons (Fsp3) is 0.321. The molecule has 0 aliphatic carbocycles. The van der Waals surface area contributed by atoms with E-state index < -0.39 is 53.3 Å². The lowest BCUT2D eigenvalue weighted by Crippen LogP contribution is -2.49. The second-order valence-electron chi connectivity index (χ2n) is 9.38. The Labute approximate surface area is 220 Å². The smallest absolute Gasteiger partial charge is 0.244 e. The van der Waals surface area contributed by atoms with Crippen molar-refractivity contribution in [1.29, 1.82) is 0 Å². The van der Waals surface area contributed by atoms with E-state index in [-0.39, 0.29) is 12.3 Å². The summed E-state index contributed by atoms with van der Waals surface area (Å²) in [6, 6.07) is 14.4. The SMILES string of the molecule is CC(C)[C@H](NC(=O)C[C@H](NC(=O)/C=C/c1cccc(Cl)c1)c1ccccc1)C(=O)[C@@H]1C(=O)NC(=O)[C@H]1C. The fourth-order valence-electron chi connectivity index (χ4n) is 4.18. The number of carbonyl (C=O) groups excluding carboxylic acids is 5. The van der Waals surface area contributed by atoms with Gasteiger partial charge in [0.05, 0.1) is 24.4 Å². The second-order valence-corrected chi connectivity index (χ2v) is 9.81. The Kier molecular flexibility index (Phi) is 9.36. The highest BCUT2D eigenvalue weighted by Gasteiger charge is 2.46. The summed E-state index contributed by atoms with van der Waals surface area (Å²) < 4.78 is 0. The molecule has 4 amide bonds. The number of hydrogen-bond donors (Lipinski definition) is 3. The van der Waals surface area contributed by atoms with Crippen LogP contribution in [0.1, 0.15) is 44.4 Å². The highest BCUT2D eigenvalue weighted by molar-refractivity contribution is 6.30. The third-order valence-corrected chi connectivity index (χ3v) is 6.46. The van der Waals surface area contributed by atoms with Crippen LogP contribution in [0.2, 0.25) is 5.02 Å². The molecule has 3 rings (SSSR count). The van der Waals surface area contributed by atoms with Gasteiger partial charge in [0.2, 0.25) is 23.6 Å². The van der Waals surface area contributed by atoms with Crippen LogP contribution >= 0.6 is 11.6 Å². The number of amides is 4. The Morgan fingerprint density at radius 1 is 1.00 bits per heavy atom. The van der Waals surface area contributed by atoms with Crippen molar-refractivity contribution in [2.75, 3.05) is 0 Å². The minimum Gasteiger partial charge on any atom is -0.346 e. The zero-order valence-electron chi connectivity index (χ0n) is 20.9. The molecule has 0 saturated carbocycles. The zero-order chi connectivity index (χ0) is 27.1. The van der Waals surface area contributed by atoms with Crippen molar-refractivity contribution in [1.82, 2.24) is 16.0 Å². The number of hydrogen-bond acceptors (Lipinski definition) is 5. The predicted molar refractivity (Wildman–Crippen MR) is 140 cm³/mol. The molecule has 0 radical (unpaired) electrons. The van der Waals surface area contributed by atoms with Crippen molar-refractivity contribution >= 4 is 47.1 Å². The Bertz CT molecular complexity index is 1210. The van der Waals surface area contributed by atoms with Gasteiger partial charge in [-0.3, -0.25) is 29.3 Å². The maximum absolute atomic E-state index is 13.2. The van der Waals surface area contributed by atoms with Gasteiger partial charge in [-0.2, -0.15) is 0 Å². The Morgan fingerprint density at radius 3 is 2.30 bits per heavy atom. The molecular weight excluding hydrogens is 494 g/mol. The molecule has 37 heavy (non-hydrogen) atoms. The van der Waals surface area contributed by atoms with Gasteiger partial charge >= 0.3 is 0 Å². The lowest BCUT2D eigenvalue weighted by molar-refractivity contribution is -0.137. The molecule has 4 atom stereocenters. The summed E-state index contributed by atoms with van der Waals surface area (Å²) in [6.07, 6.45) is 2.84. The summed E-state index contributed by atoms with van der Waals surface area (Å²) in [5, 5.41) is 8.29. The van der Waals surface area contributed by atoms with Crippen molar-refractivity contribution in [2.45, 2.75) is 39.3 Å². The number of benzene rings is 2. The first-order valence-electron chi connectivity index (χ1n) is 12.0. The van der Waals surface area contributed by atoms with E-state index in [0.717, 1.165) is 5.56 Å². The van der Waals surface area contributed by atoms with Crippen molar-refractivity contribution < 1.29 is 24.0 Å². The van der Waals surface area contributed by atoms with E-state index in [1.165, 1.54) is 13.0 Å². The standard InChI is InChI=1S/C28H30ClN3O5/c1-16(2)25(26(35)24-17(3)27(36)32-28(24)37)31-23(34)15-21(19-9-5-4-6-10-19)30-22(33)13-12-18-8-7-11-20(29)14-18/h4-14,16-17,21,24-25H,15H2,1-3H3,(H,30,33)(H,31,34)(H,32,36,37)/b13-12+/t17-,21-,24+,25-/m0/s1. The molecule has 9 heteroatoms. The summed E-state index contributed by atoms with van der Waals surface area (Å²) in [4.78, 5) is 63.0. The van der Waals surface area contributed by atoms with Gasteiger partial charge in [0.1, 0.15) is 5.92 Å². The van der Waals surface area contributed by atoms with Crippen LogP contribution in [0.4, 0.5) is 0 Å². The number of Topliss-reactive ketones (excluding diaryl/α,β-unsaturated/α-hetero) is 1. The number of imide groups is 1. The first-order chi connectivity index (χ1) is 17.6. The van der Waals surface area contributed by atoms with Crippen molar-refractivity contribution in [3.05, 3.63) is 76.8 Å². The van der Waals surface area contributed by atoms with E-state index in [9.17, 15) is 24.0 Å². The number of carbonyl (C=O) groups is 5. The molecule has 0 unspecified atom stereocenters. The van der Waals surface area contributed by atoms with Crippen molar-refractivity contribution in [2.24, 2.45) is 17.8 Å². The minimum absolute atomic E-state index is 0.136. The van der Waals surface area contributed by atoms with Gasteiger partial charge in [0.25, 0.3) is 0 Å². The van der Waals surface area contributed by atoms with E-state index in [4.69, 9.17) is 11.6 Å². The van der Waals surface area contributed by atoms with Gasteiger partial charge in [-0.05, 0) is 35.3 Å². The Hall–Kier alpha value is -3.78. The molecule has 1 fully saturated rings. The summed E-state index contributed by atoms with van der Waals surface area (Å²) >= 11 is 5.99. The molecule has 2 aromatic carbocycles. The lowest BCUT2D eigenvalue weighted by atomic mass is 9.85. The maximum atomic E-state index is 13.2. The number of halogens is 1. The molecule has 0 spiro atoms. The molecule has 8 nitrogen and oxygen atoms in total. The third kappa shape index (κ3) is 7.36. The van der Waals surface area contributed by atoms with E-state index in [2.05, 4.69) is 16.0 Å². The average Bonchev–Trinajstić information content (AvgIpc) is 3.11. The second kappa shape index (κ2) is 12.5. The highest BCUT2D eigenvalue weighted by atomic mass is 35.5. The van der Waals surface area contributed by atoms with Gasteiger partial charge in [0.15, 0.2) is 5.78 Å². The van der Waals surface area contributed by atoms with E-state index >= 15 is 0 Å². The molecule has 1 heterocycles. The quantitative estimate of drug-likeness (QED) is 0.251. The van der Waals surface area contributed by atoms with Gasteiger partial charge in [-0.25, -0.2) is 0 Å². The summed E-state index contributed by atoms with van der Waals surface area (Å²) in [5.41, 5.74) is 1.46. The summed E-state index contributed by atoms with van der Waals surface area (Å²) in [5.74, 6) is -4.83. The van der Waals surface area contributed by atoms with Crippen LogP contribution in [0.25, 0.3) is 6.08 Å². The first kappa shape index (κ1) is 27.8. The predicted octanol–water partition coefficient (Wildman–Crippen LogP) is 3.22. The third-order valence-electron chi connectivity index (χ3n) is 6.22. The van der Waals surface area contributed by atoms with Crippen molar-refractivity contribution in [3.63, 3.8) is 0 Å². The normalized spacial score (nSPS) is 18.9. The molecule has 3 N–H and O–H groups in total. The Morgan fingerprint density at radius 2 is 1.70 bits per heavy atom. The van der Waals surface area contributed by atoms with Crippen LogP contribution in [-0.2, 0) is 24.0 Å². The Balaban J connectivity index is 1.73. The number of rotatable bonds is 10. The number of nitrogens with one attached hydrogen (secondary N) is 3. The van der Waals surface area contributed by atoms with Crippen LogP contribution in [0.3, 0.4) is 0 Å². The molecule has 0 aromatic heterocycles. The average molecular weight is 524 g/mol. The molecule has 1 aliphatic rings. The zero-order valence-corrected chi connectivity index (χ0v) is 21.6. The van der Waals surface area contributed by atoms with Gasteiger partial charge in [-0.1, -0.05) is 74.8 Å². The highest BCUT2D eigenvalue weighted by Crippen LogP contribution is 2.24. The van der Waals surface area contributed by atoms with Crippen LogP contribution in [0.5, 0.6) is 0 Å². The van der Waals surface area contributed by atoms with Gasteiger partial charge in [0, 0.05) is 11.1 Å². The molecule has 1 saturated heterocycles. The van der Waals surface area contributed by atoms with Crippen LogP contribution in [-0.4, -0.2) is 35.5 Å². The van der Waals surface area contributed by atoms with Crippen LogP contribution in [0, 0.1) is 17.8 Å². The van der Waals surface area contributed by atoms with Crippen LogP contribution in [0.15, 0.2) is 60.7 Å². The van der Waals surface area contributed by atoms with Gasteiger partial charge < -0.3 is 10.6 Å². The van der Waals surface area contributed by atoms with Crippen LogP contribution < -0.4 is 16.0 Å². The van der Waals surface area contributed by atoms with E-state index in [1.54, 1.807) is 68.5 Å². The van der Waals surface area contributed by atoms with E-state index in [0.29, 0.717) is 10.6 Å². The summed E-state index contributed by atoms with van der Waals surface area (Å²) in [6.45, 7) is 5.01. The summed E-state index contributed by atoms with van der Waals surface area (Å²) in [7, 11) is 0. The molecule has 0 bridgehead atoms. The fourth-order valence-corrected chi connectivity index (χ4v) is 4.38. The van der Waals surface area contributed by atoms with Gasteiger partial charge in [-0.15, -0.1) is 0 Å². The van der Waals surface area contributed by atoms with Crippen molar-refractivity contribution in [3.8, 4) is 0 Å². The topological polar surface area (TPSA) is 121 Å². The molecule has 1 aliphatic heterocycles. The van der Waals surface area contributed by atoms with E-state index in [1.807, 2.05) is 6.07 Å². The molecular formula is C28H30ClN3O5. The minimum atomic E-state index is -1.15. The lowest BCUT2D eigenvalue weighted by Gasteiger charge is -2.25. The molecule has 2 aromatic rings. The largest absolute Gasteiger partial charge is 0.346 e. The number of ketones is 1. The first-order valence-corrected chi connectivity index (χ1v) is 12.4. The maximum Gasteiger partial charge on any atom is 0.244 e. The molecule has 194 valence electrons.